The Labute approximate surface area is 119 Å². The standard InChI is InChI=1S/C14H16NO.HI/c1-15(11-14-7-4-8-16-14)9-12-5-2-3-6-13(12)10-15;/h2-8H,9-11H2,1H3;1H/q+1;/p-1. The van der Waals surface area contributed by atoms with Gasteiger partial charge in [0.2, 0.25) is 0 Å². The van der Waals surface area contributed by atoms with Crippen LogP contribution >= 0.6 is 0 Å². The van der Waals surface area contributed by atoms with E-state index in [-0.39, 0.29) is 24.0 Å². The second-order valence-corrected chi connectivity index (χ2v) is 4.94. The molecule has 2 heterocycles. The first kappa shape index (κ1) is 12.6. The number of nitrogens with zero attached hydrogens (tertiary/aromatic N) is 1. The minimum atomic E-state index is 0. The van der Waals surface area contributed by atoms with Gasteiger partial charge in [-0.05, 0) is 12.1 Å². The van der Waals surface area contributed by atoms with E-state index in [0.717, 1.165) is 29.9 Å². The first-order valence-corrected chi connectivity index (χ1v) is 5.68. The average Bonchev–Trinajstić information content (AvgIpc) is 2.83. The van der Waals surface area contributed by atoms with Crippen molar-refractivity contribution in [3.63, 3.8) is 0 Å². The van der Waals surface area contributed by atoms with Crippen molar-refractivity contribution in [1.82, 2.24) is 0 Å². The summed E-state index contributed by atoms with van der Waals surface area (Å²) in [6, 6.07) is 12.8. The first-order valence-electron chi connectivity index (χ1n) is 5.68. The number of hydrogen-bond acceptors (Lipinski definition) is 1. The predicted octanol–water partition coefficient (Wildman–Crippen LogP) is -0.0560. The van der Waals surface area contributed by atoms with Crippen LogP contribution in [-0.2, 0) is 19.6 Å². The van der Waals surface area contributed by atoms with Gasteiger partial charge in [-0.2, -0.15) is 0 Å². The van der Waals surface area contributed by atoms with Crippen molar-refractivity contribution < 1.29 is 32.9 Å². The van der Waals surface area contributed by atoms with E-state index in [4.69, 9.17) is 4.42 Å². The van der Waals surface area contributed by atoms with Crippen molar-refractivity contribution in [2.45, 2.75) is 19.6 Å². The third kappa shape index (κ3) is 2.55. The van der Waals surface area contributed by atoms with Crippen molar-refractivity contribution in [2.75, 3.05) is 7.05 Å². The van der Waals surface area contributed by atoms with Crippen LogP contribution in [-0.4, -0.2) is 11.5 Å². The number of rotatable bonds is 2. The van der Waals surface area contributed by atoms with Crippen LogP contribution in [0.4, 0.5) is 0 Å². The van der Waals surface area contributed by atoms with Crippen molar-refractivity contribution >= 4 is 0 Å². The maximum Gasteiger partial charge on any atom is 0.158 e. The van der Waals surface area contributed by atoms with Crippen LogP contribution in [0.2, 0.25) is 0 Å². The van der Waals surface area contributed by atoms with Crippen molar-refractivity contribution in [1.29, 1.82) is 0 Å². The number of furan rings is 1. The van der Waals surface area contributed by atoms with Gasteiger partial charge in [-0.3, -0.25) is 0 Å². The predicted molar refractivity (Wildman–Crippen MR) is 62.4 cm³/mol. The maximum absolute atomic E-state index is 5.44. The molecule has 2 nitrogen and oxygen atoms in total. The summed E-state index contributed by atoms with van der Waals surface area (Å²) in [4.78, 5) is 0. The highest BCUT2D eigenvalue weighted by Gasteiger charge is 2.32. The van der Waals surface area contributed by atoms with E-state index in [2.05, 4.69) is 37.4 Å². The van der Waals surface area contributed by atoms with Gasteiger partial charge < -0.3 is 32.9 Å². The van der Waals surface area contributed by atoms with Crippen LogP contribution in [0.15, 0.2) is 47.1 Å². The number of quaternary nitrogens is 1. The number of fused-ring (bicyclic) bond motifs is 1. The van der Waals surface area contributed by atoms with Crippen LogP contribution in [0.5, 0.6) is 0 Å². The molecule has 1 aliphatic heterocycles. The Kier molecular flexibility index (Phi) is 3.58. The van der Waals surface area contributed by atoms with Crippen LogP contribution in [0.3, 0.4) is 0 Å². The molecule has 2 aromatic rings. The first-order chi connectivity index (χ1) is 7.75. The molecular weight excluding hydrogens is 325 g/mol. The molecule has 0 saturated carbocycles. The summed E-state index contributed by atoms with van der Waals surface area (Å²) in [6.45, 7) is 3.19. The molecule has 0 amide bonds. The van der Waals surface area contributed by atoms with E-state index in [1.54, 1.807) is 6.26 Å². The number of benzene rings is 1. The second-order valence-electron chi connectivity index (χ2n) is 4.94. The molecule has 0 fully saturated rings. The monoisotopic (exact) mass is 341 g/mol. The lowest BCUT2D eigenvalue weighted by Gasteiger charge is -2.28. The van der Waals surface area contributed by atoms with Crippen LogP contribution < -0.4 is 24.0 Å². The molecule has 3 rings (SSSR count). The zero-order valence-corrected chi connectivity index (χ0v) is 12.1. The molecule has 1 aromatic heterocycles. The van der Waals surface area contributed by atoms with Crippen LogP contribution in [0.1, 0.15) is 16.9 Å². The largest absolute Gasteiger partial charge is 1.00 e. The van der Waals surface area contributed by atoms with Crippen molar-refractivity contribution in [3.8, 4) is 0 Å². The highest BCUT2D eigenvalue weighted by Crippen LogP contribution is 2.30. The lowest BCUT2D eigenvalue weighted by Crippen LogP contribution is -3.00. The summed E-state index contributed by atoms with van der Waals surface area (Å²) in [5.41, 5.74) is 2.97. The lowest BCUT2D eigenvalue weighted by atomic mass is 10.1. The minimum absolute atomic E-state index is 0. The van der Waals surface area contributed by atoms with E-state index in [1.807, 2.05) is 6.07 Å². The zero-order chi connectivity index (χ0) is 11.0. The van der Waals surface area contributed by atoms with Gasteiger partial charge >= 0.3 is 0 Å². The fourth-order valence-electron chi connectivity index (χ4n) is 2.63. The third-order valence-corrected chi connectivity index (χ3v) is 3.34. The van der Waals surface area contributed by atoms with E-state index in [9.17, 15) is 0 Å². The Morgan fingerprint density at radius 2 is 1.71 bits per heavy atom. The summed E-state index contributed by atoms with van der Waals surface area (Å²) in [5.74, 6) is 1.08. The fourth-order valence-corrected chi connectivity index (χ4v) is 2.63. The van der Waals surface area contributed by atoms with Gasteiger partial charge in [-0.1, -0.05) is 24.3 Å². The highest BCUT2D eigenvalue weighted by molar-refractivity contribution is 5.27. The molecule has 1 aliphatic rings. The third-order valence-electron chi connectivity index (χ3n) is 3.34. The summed E-state index contributed by atoms with van der Waals surface area (Å²) >= 11 is 0. The Balaban J connectivity index is 0.00000108. The molecule has 1 aromatic carbocycles. The van der Waals surface area contributed by atoms with Crippen molar-refractivity contribution in [2.24, 2.45) is 0 Å². The smallest absolute Gasteiger partial charge is 0.158 e. The molecule has 0 aliphatic carbocycles. The average molecular weight is 341 g/mol. The van der Waals surface area contributed by atoms with E-state index in [0.29, 0.717) is 0 Å². The SMILES string of the molecule is C[N+]1(Cc2ccco2)Cc2ccccc2C1.[I-]. The van der Waals surface area contributed by atoms with E-state index >= 15 is 0 Å². The Hall–Kier alpha value is -0.810. The molecule has 3 heteroatoms. The van der Waals surface area contributed by atoms with Crippen LogP contribution in [0, 0.1) is 0 Å². The second kappa shape index (κ2) is 4.82. The summed E-state index contributed by atoms with van der Waals surface area (Å²) in [5, 5.41) is 0. The summed E-state index contributed by atoms with van der Waals surface area (Å²) < 4.78 is 6.46. The number of halogens is 1. The van der Waals surface area contributed by atoms with Crippen LogP contribution in [0.25, 0.3) is 0 Å². The number of hydrogen-bond donors (Lipinski definition) is 0. The fraction of sp³-hybridized carbons (Fsp3) is 0.286. The molecule has 90 valence electrons. The quantitative estimate of drug-likeness (QED) is 0.551. The molecular formula is C14H16INO. The minimum Gasteiger partial charge on any atom is -1.00 e. The van der Waals surface area contributed by atoms with Gasteiger partial charge in [0.1, 0.15) is 19.6 Å². The molecule has 0 saturated heterocycles. The lowest BCUT2D eigenvalue weighted by molar-refractivity contribution is -0.942. The Bertz CT molecular complexity index is 462. The Morgan fingerprint density at radius 3 is 2.24 bits per heavy atom. The zero-order valence-electron chi connectivity index (χ0n) is 9.90. The molecule has 0 unspecified atom stereocenters. The molecule has 0 radical (unpaired) electrons. The highest BCUT2D eigenvalue weighted by atomic mass is 127. The molecule has 0 N–H and O–H groups in total. The Morgan fingerprint density at radius 1 is 1.06 bits per heavy atom. The van der Waals surface area contributed by atoms with Gasteiger partial charge in [-0.25, -0.2) is 0 Å². The topological polar surface area (TPSA) is 13.1 Å². The van der Waals surface area contributed by atoms with E-state index in [1.165, 1.54) is 11.1 Å². The normalized spacial score (nSPS) is 16.3. The van der Waals surface area contributed by atoms with Gasteiger partial charge in [0.25, 0.3) is 0 Å². The van der Waals surface area contributed by atoms with Crippen molar-refractivity contribution in [3.05, 3.63) is 59.5 Å². The van der Waals surface area contributed by atoms with Gasteiger partial charge in [0.15, 0.2) is 5.76 Å². The summed E-state index contributed by atoms with van der Waals surface area (Å²) in [7, 11) is 2.29. The van der Waals surface area contributed by atoms with Gasteiger partial charge in [0.05, 0.1) is 13.3 Å². The van der Waals surface area contributed by atoms with Gasteiger partial charge in [-0.15, -0.1) is 0 Å². The maximum atomic E-state index is 5.44. The molecule has 0 bridgehead atoms. The summed E-state index contributed by atoms with van der Waals surface area (Å²) in [6.07, 6.45) is 1.75. The van der Waals surface area contributed by atoms with Gasteiger partial charge in [0, 0.05) is 11.1 Å². The van der Waals surface area contributed by atoms with E-state index < -0.39 is 0 Å². The molecule has 0 atom stereocenters. The molecule has 0 spiro atoms. The molecule has 17 heavy (non-hydrogen) atoms.